The summed E-state index contributed by atoms with van der Waals surface area (Å²) in [6.07, 6.45) is 11.6. The SMILES string of the molecule is [CH2]CCCCCC1(CCCCCC)N=NN=N1. The molecule has 17 heavy (non-hydrogen) atoms. The van der Waals surface area contributed by atoms with Crippen LogP contribution >= 0.6 is 0 Å². The summed E-state index contributed by atoms with van der Waals surface area (Å²) in [5.41, 5.74) is -0.311. The molecule has 0 aromatic rings. The van der Waals surface area contributed by atoms with Crippen LogP contribution in [-0.4, -0.2) is 5.66 Å². The Labute approximate surface area is 105 Å². The van der Waals surface area contributed by atoms with E-state index < -0.39 is 0 Å². The molecule has 1 aliphatic rings. The molecular formula is C13H25N4. The molecule has 0 saturated carbocycles. The Bertz CT molecular complexity index is 222. The second-order valence-corrected chi connectivity index (χ2v) is 4.84. The molecule has 0 atom stereocenters. The molecule has 0 N–H and O–H groups in total. The second-order valence-electron chi connectivity index (χ2n) is 4.84. The molecule has 0 amide bonds. The highest BCUT2D eigenvalue weighted by atomic mass is 15.6. The Morgan fingerprint density at radius 3 is 1.94 bits per heavy atom. The van der Waals surface area contributed by atoms with E-state index in [1.165, 1.54) is 38.5 Å². The Balaban J connectivity index is 2.25. The summed E-state index contributed by atoms with van der Waals surface area (Å²) < 4.78 is 0. The largest absolute Gasteiger partial charge is 0.195 e. The maximum Gasteiger partial charge on any atom is 0.195 e. The highest BCUT2D eigenvalue weighted by Gasteiger charge is 2.31. The Morgan fingerprint density at radius 2 is 1.41 bits per heavy atom. The molecule has 0 aromatic carbocycles. The number of nitrogens with zero attached hydrogens (tertiary/aromatic N) is 4. The van der Waals surface area contributed by atoms with Crippen molar-refractivity contribution < 1.29 is 0 Å². The van der Waals surface area contributed by atoms with Gasteiger partial charge in [-0.15, -0.1) is 10.2 Å². The number of rotatable bonds is 10. The Kier molecular flexibility index (Phi) is 6.97. The van der Waals surface area contributed by atoms with Crippen LogP contribution in [0.5, 0.6) is 0 Å². The van der Waals surface area contributed by atoms with Gasteiger partial charge < -0.3 is 0 Å². The molecular weight excluding hydrogens is 212 g/mol. The minimum atomic E-state index is -0.311. The second kappa shape index (κ2) is 8.31. The van der Waals surface area contributed by atoms with Crippen molar-refractivity contribution in [2.24, 2.45) is 20.7 Å². The molecule has 0 spiro atoms. The Morgan fingerprint density at radius 1 is 0.824 bits per heavy atom. The van der Waals surface area contributed by atoms with Crippen molar-refractivity contribution in [3.05, 3.63) is 6.92 Å². The summed E-state index contributed by atoms with van der Waals surface area (Å²) in [5.74, 6) is 0. The molecule has 0 unspecified atom stereocenters. The summed E-state index contributed by atoms with van der Waals surface area (Å²) in [6, 6.07) is 0. The maximum atomic E-state index is 4.24. The molecule has 1 radical (unpaired) electrons. The first-order valence-electron chi connectivity index (χ1n) is 6.96. The van der Waals surface area contributed by atoms with Crippen molar-refractivity contribution >= 4 is 0 Å². The van der Waals surface area contributed by atoms with Gasteiger partial charge in [-0.05, 0) is 36.1 Å². The van der Waals surface area contributed by atoms with E-state index in [1.807, 2.05) is 0 Å². The number of hydrogen-bond acceptors (Lipinski definition) is 4. The normalized spacial score (nSPS) is 16.8. The van der Waals surface area contributed by atoms with Crippen LogP contribution < -0.4 is 0 Å². The molecule has 0 fully saturated rings. The summed E-state index contributed by atoms with van der Waals surface area (Å²) in [6.45, 7) is 6.08. The zero-order valence-corrected chi connectivity index (χ0v) is 11.1. The minimum absolute atomic E-state index is 0.311. The van der Waals surface area contributed by atoms with E-state index in [-0.39, 0.29) is 5.66 Å². The fraction of sp³-hybridized carbons (Fsp3) is 0.923. The van der Waals surface area contributed by atoms with Crippen molar-refractivity contribution in [1.82, 2.24) is 0 Å². The third-order valence-electron chi connectivity index (χ3n) is 3.26. The van der Waals surface area contributed by atoms with Crippen LogP contribution in [0.25, 0.3) is 0 Å². The van der Waals surface area contributed by atoms with Gasteiger partial charge in [0.2, 0.25) is 0 Å². The highest BCUT2D eigenvalue weighted by molar-refractivity contribution is 4.84. The van der Waals surface area contributed by atoms with Gasteiger partial charge in [-0.1, -0.05) is 52.4 Å². The van der Waals surface area contributed by atoms with Gasteiger partial charge >= 0.3 is 0 Å². The zero-order valence-electron chi connectivity index (χ0n) is 11.1. The maximum absolute atomic E-state index is 4.24. The van der Waals surface area contributed by atoms with Gasteiger partial charge in [0.15, 0.2) is 5.66 Å². The van der Waals surface area contributed by atoms with Crippen molar-refractivity contribution in [1.29, 1.82) is 0 Å². The summed E-state index contributed by atoms with van der Waals surface area (Å²) in [5, 5.41) is 15.9. The number of hydrogen-bond donors (Lipinski definition) is 0. The third-order valence-corrected chi connectivity index (χ3v) is 3.26. The lowest BCUT2D eigenvalue weighted by Crippen LogP contribution is -2.21. The van der Waals surface area contributed by atoms with E-state index in [0.29, 0.717) is 0 Å². The van der Waals surface area contributed by atoms with Crippen molar-refractivity contribution in [2.45, 2.75) is 76.8 Å². The molecule has 0 saturated heterocycles. The molecule has 1 heterocycles. The smallest absolute Gasteiger partial charge is 0.135 e. The lowest BCUT2D eigenvalue weighted by atomic mass is 9.96. The minimum Gasteiger partial charge on any atom is -0.135 e. The fourth-order valence-corrected chi connectivity index (χ4v) is 2.15. The van der Waals surface area contributed by atoms with E-state index in [9.17, 15) is 0 Å². The molecule has 0 bridgehead atoms. The van der Waals surface area contributed by atoms with E-state index in [0.717, 1.165) is 25.7 Å². The van der Waals surface area contributed by atoms with Crippen LogP contribution in [0.15, 0.2) is 20.7 Å². The average Bonchev–Trinajstić information content (AvgIpc) is 2.80. The van der Waals surface area contributed by atoms with Gasteiger partial charge in [0, 0.05) is 0 Å². The topological polar surface area (TPSA) is 49.4 Å². The fourth-order valence-electron chi connectivity index (χ4n) is 2.15. The predicted molar refractivity (Wildman–Crippen MR) is 69.6 cm³/mol. The van der Waals surface area contributed by atoms with Gasteiger partial charge in [0.25, 0.3) is 0 Å². The van der Waals surface area contributed by atoms with E-state index in [1.54, 1.807) is 0 Å². The van der Waals surface area contributed by atoms with E-state index >= 15 is 0 Å². The molecule has 1 rings (SSSR count). The van der Waals surface area contributed by atoms with Crippen LogP contribution in [0.4, 0.5) is 0 Å². The zero-order chi connectivity index (χ0) is 12.4. The lowest BCUT2D eigenvalue weighted by Gasteiger charge is -2.19. The quantitative estimate of drug-likeness (QED) is 0.465. The standard InChI is InChI=1S/C13H25N4/c1-3-5-7-9-11-13(14-16-17-15-13)12-10-8-6-4-2/h1,3-12H2,2H3. The van der Waals surface area contributed by atoms with Crippen LogP contribution in [0, 0.1) is 6.92 Å². The Hall–Kier alpha value is -0.800. The van der Waals surface area contributed by atoms with Crippen molar-refractivity contribution in [2.75, 3.05) is 0 Å². The monoisotopic (exact) mass is 237 g/mol. The molecule has 97 valence electrons. The molecule has 0 aliphatic carbocycles. The summed E-state index contributed by atoms with van der Waals surface area (Å²) in [4.78, 5) is 0. The third kappa shape index (κ3) is 5.37. The lowest BCUT2D eigenvalue weighted by molar-refractivity contribution is 0.348. The predicted octanol–water partition coefficient (Wildman–Crippen LogP) is 5.27. The van der Waals surface area contributed by atoms with Crippen LogP contribution in [0.3, 0.4) is 0 Å². The average molecular weight is 237 g/mol. The van der Waals surface area contributed by atoms with Crippen molar-refractivity contribution in [3.8, 4) is 0 Å². The van der Waals surface area contributed by atoms with E-state index in [2.05, 4.69) is 34.5 Å². The molecule has 0 aromatic heterocycles. The van der Waals surface area contributed by atoms with Gasteiger partial charge in [0.1, 0.15) is 0 Å². The van der Waals surface area contributed by atoms with Crippen LogP contribution in [0.1, 0.15) is 71.1 Å². The summed E-state index contributed by atoms with van der Waals surface area (Å²) in [7, 11) is 0. The molecule has 1 aliphatic heterocycles. The first kappa shape index (κ1) is 14.3. The molecule has 4 nitrogen and oxygen atoms in total. The first-order valence-corrected chi connectivity index (χ1v) is 6.96. The van der Waals surface area contributed by atoms with Gasteiger partial charge in [-0.3, -0.25) is 0 Å². The number of unbranched alkanes of at least 4 members (excludes halogenated alkanes) is 6. The first-order chi connectivity index (χ1) is 8.33. The van der Waals surface area contributed by atoms with Crippen LogP contribution in [0.2, 0.25) is 0 Å². The summed E-state index contributed by atoms with van der Waals surface area (Å²) >= 11 is 0. The van der Waals surface area contributed by atoms with Crippen LogP contribution in [-0.2, 0) is 0 Å². The van der Waals surface area contributed by atoms with Gasteiger partial charge in [-0.2, -0.15) is 0 Å². The van der Waals surface area contributed by atoms with Gasteiger partial charge in [-0.25, -0.2) is 0 Å². The highest BCUT2D eigenvalue weighted by Crippen LogP contribution is 2.32. The molecule has 4 heteroatoms. The van der Waals surface area contributed by atoms with E-state index in [4.69, 9.17) is 0 Å². The van der Waals surface area contributed by atoms with Crippen molar-refractivity contribution in [3.63, 3.8) is 0 Å². The van der Waals surface area contributed by atoms with Gasteiger partial charge in [0.05, 0.1) is 0 Å².